The molecule has 0 radical (unpaired) electrons. The fourth-order valence-corrected chi connectivity index (χ4v) is 2.65. The zero-order chi connectivity index (χ0) is 13.8. The van der Waals surface area contributed by atoms with Gasteiger partial charge >= 0.3 is 0 Å². The Kier molecular flexibility index (Phi) is 5.12. The van der Waals surface area contributed by atoms with Crippen molar-refractivity contribution in [2.24, 2.45) is 0 Å². The summed E-state index contributed by atoms with van der Waals surface area (Å²) in [6.07, 6.45) is 0. The summed E-state index contributed by atoms with van der Waals surface area (Å²) in [7, 11) is 0. The zero-order valence-electron chi connectivity index (χ0n) is 10.5. The van der Waals surface area contributed by atoms with Crippen LogP contribution in [-0.4, -0.2) is 6.54 Å². The van der Waals surface area contributed by atoms with Crippen molar-refractivity contribution in [2.45, 2.75) is 13.0 Å². The van der Waals surface area contributed by atoms with E-state index in [-0.39, 0.29) is 6.04 Å². The van der Waals surface area contributed by atoms with E-state index >= 15 is 0 Å². The van der Waals surface area contributed by atoms with E-state index in [9.17, 15) is 0 Å². The molecule has 0 aliphatic carbocycles. The first-order valence-electron chi connectivity index (χ1n) is 6.05. The van der Waals surface area contributed by atoms with Gasteiger partial charge in [0.2, 0.25) is 0 Å². The maximum Gasteiger partial charge on any atom is 0.0591 e. The maximum atomic E-state index is 6.29. The number of halogens is 3. The molecule has 0 fully saturated rings. The zero-order valence-corrected chi connectivity index (χ0v) is 12.7. The minimum absolute atomic E-state index is 0.0343. The lowest BCUT2D eigenvalue weighted by Gasteiger charge is -2.20. The Hall–Kier alpha value is -0.730. The van der Waals surface area contributed by atoms with Crippen LogP contribution in [0.15, 0.2) is 42.5 Å². The standard InChI is InChI=1S/C15H14Cl3N/c1-2-19-15(10-3-5-11(16)6-4-10)13-8-7-12(17)9-14(13)18/h3-9,15,19H,2H2,1H3. The SMILES string of the molecule is CCNC(c1ccc(Cl)cc1)c1ccc(Cl)cc1Cl. The summed E-state index contributed by atoms with van der Waals surface area (Å²) < 4.78 is 0. The van der Waals surface area contributed by atoms with Gasteiger partial charge in [0.1, 0.15) is 0 Å². The molecule has 0 amide bonds. The second-order valence-electron chi connectivity index (χ2n) is 4.21. The topological polar surface area (TPSA) is 12.0 Å². The molecule has 0 aliphatic rings. The Labute approximate surface area is 128 Å². The Morgan fingerprint density at radius 2 is 1.58 bits per heavy atom. The van der Waals surface area contributed by atoms with Crippen LogP contribution in [0.1, 0.15) is 24.1 Å². The van der Waals surface area contributed by atoms with Crippen molar-refractivity contribution in [3.63, 3.8) is 0 Å². The molecule has 0 heterocycles. The normalized spacial score (nSPS) is 12.4. The highest BCUT2D eigenvalue weighted by Crippen LogP contribution is 2.30. The Morgan fingerprint density at radius 1 is 0.947 bits per heavy atom. The molecule has 1 N–H and O–H groups in total. The van der Waals surface area contributed by atoms with Crippen LogP contribution in [-0.2, 0) is 0 Å². The summed E-state index contributed by atoms with van der Waals surface area (Å²) in [5.41, 5.74) is 2.13. The van der Waals surface area contributed by atoms with Crippen molar-refractivity contribution in [1.82, 2.24) is 5.32 Å². The molecule has 1 nitrogen and oxygen atoms in total. The van der Waals surface area contributed by atoms with Crippen molar-refractivity contribution in [1.29, 1.82) is 0 Å². The van der Waals surface area contributed by atoms with Crippen LogP contribution in [0.3, 0.4) is 0 Å². The molecule has 2 aromatic rings. The number of hydrogen-bond acceptors (Lipinski definition) is 1. The first-order chi connectivity index (χ1) is 9.11. The van der Waals surface area contributed by atoms with Crippen molar-refractivity contribution >= 4 is 34.8 Å². The van der Waals surface area contributed by atoms with Crippen LogP contribution in [0, 0.1) is 0 Å². The van der Waals surface area contributed by atoms with Crippen molar-refractivity contribution in [3.05, 3.63) is 68.7 Å². The van der Waals surface area contributed by atoms with Crippen LogP contribution in [0.25, 0.3) is 0 Å². The molecular formula is C15H14Cl3N. The van der Waals surface area contributed by atoms with Crippen LogP contribution in [0.4, 0.5) is 0 Å². The second kappa shape index (κ2) is 6.62. The lowest BCUT2D eigenvalue weighted by atomic mass is 9.98. The molecule has 100 valence electrons. The van der Waals surface area contributed by atoms with E-state index in [4.69, 9.17) is 34.8 Å². The van der Waals surface area contributed by atoms with E-state index in [2.05, 4.69) is 12.2 Å². The van der Waals surface area contributed by atoms with Crippen molar-refractivity contribution < 1.29 is 0 Å². The second-order valence-corrected chi connectivity index (χ2v) is 5.49. The van der Waals surface area contributed by atoms with Crippen molar-refractivity contribution in [3.8, 4) is 0 Å². The molecule has 0 saturated carbocycles. The molecule has 19 heavy (non-hydrogen) atoms. The molecular weight excluding hydrogens is 301 g/mol. The Morgan fingerprint density at radius 3 is 2.16 bits per heavy atom. The summed E-state index contributed by atoms with van der Waals surface area (Å²) in [5.74, 6) is 0. The van der Waals surface area contributed by atoms with Gasteiger partial charge in [-0.05, 0) is 41.9 Å². The number of rotatable bonds is 4. The molecule has 1 atom stereocenters. The van der Waals surface area contributed by atoms with Crippen LogP contribution < -0.4 is 5.32 Å². The van der Waals surface area contributed by atoms with Gasteiger partial charge in [-0.3, -0.25) is 0 Å². The van der Waals surface area contributed by atoms with Gasteiger partial charge in [-0.1, -0.05) is 59.9 Å². The number of benzene rings is 2. The summed E-state index contributed by atoms with van der Waals surface area (Å²) in [5, 5.41) is 5.45. The molecule has 0 bridgehead atoms. The van der Waals surface area contributed by atoms with Gasteiger partial charge in [0.15, 0.2) is 0 Å². The summed E-state index contributed by atoms with van der Waals surface area (Å²) in [6, 6.07) is 13.4. The molecule has 0 aliphatic heterocycles. The van der Waals surface area contributed by atoms with E-state index < -0.39 is 0 Å². The third kappa shape index (κ3) is 3.64. The molecule has 0 saturated heterocycles. The molecule has 0 aromatic heterocycles. The molecule has 2 aromatic carbocycles. The van der Waals surface area contributed by atoms with Crippen molar-refractivity contribution in [2.75, 3.05) is 6.54 Å². The van der Waals surface area contributed by atoms with Gasteiger partial charge in [0, 0.05) is 15.1 Å². The van der Waals surface area contributed by atoms with E-state index in [0.717, 1.165) is 22.7 Å². The van der Waals surface area contributed by atoms with Crippen LogP contribution in [0.5, 0.6) is 0 Å². The van der Waals surface area contributed by atoms with Gasteiger partial charge < -0.3 is 5.32 Å². The van der Waals surface area contributed by atoms with Gasteiger partial charge in [-0.2, -0.15) is 0 Å². The molecule has 1 unspecified atom stereocenters. The fraction of sp³-hybridized carbons (Fsp3) is 0.200. The smallest absolute Gasteiger partial charge is 0.0591 e. The van der Waals surface area contributed by atoms with Gasteiger partial charge in [0.05, 0.1) is 6.04 Å². The quantitative estimate of drug-likeness (QED) is 0.802. The maximum absolute atomic E-state index is 6.29. The Bertz CT molecular complexity index is 552. The highest BCUT2D eigenvalue weighted by molar-refractivity contribution is 6.35. The molecule has 4 heteroatoms. The minimum atomic E-state index is 0.0343. The van der Waals surface area contributed by atoms with Gasteiger partial charge in [0.25, 0.3) is 0 Å². The summed E-state index contributed by atoms with van der Waals surface area (Å²) >= 11 is 18.2. The first kappa shape index (κ1) is 14.7. The van der Waals surface area contributed by atoms with E-state index in [1.807, 2.05) is 36.4 Å². The minimum Gasteiger partial charge on any atom is -0.306 e. The molecule has 0 spiro atoms. The Balaban J connectivity index is 2.41. The van der Waals surface area contributed by atoms with E-state index in [1.165, 1.54) is 0 Å². The monoisotopic (exact) mass is 313 g/mol. The highest BCUT2D eigenvalue weighted by Gasteiger charge is 2.16. The average molecular weight is 315 g/mol. The fourth-order valence-electron chi connectivity index (χ4n) is 2.00. The summed E-state index contributed by atoms with van der Waals surface area (Å²) in [4.78, 5) is 0. The summed E-state index contributed by atoms with van der Waals surface area (Å²) in [6.45, 7) is 2.90. The van der Waals surface area contributed by atoms with Gasteiger partial charge in [-0.15, -0.1) is 0 Å². The van der Waals surface area contributed by atoms with Crippen LogP contribution >= 0.6 is 34.8 Å². The predicted octanol–water partition coefficient (Wildman–Crippen LogP) is 5.35. The van der Waals surface area contributed by atoms with Crippen LogP contribution in [0.2, 0.25) is 15.1 Å². The average Bonchev–Trinajstić information content (AvgIpc) is 2.38. The lowest BCUT2D eigenvalue weighted by molar-refractivity contribution is 0.631. The molecule has 2 rings (SSSR count). The van der Waals surface area contributed by atoms with E-state index in [0.29, 0.717) is 10.0 Å². The highest BCUT2D eigenvalue weighted by atomic mass is 35.5. The van der Waals surface area contributed by atoms with E-state index in [1.54, 1.807) is 6.07 Å². The first-order valence-corrected chi connectivity index (χ1v) is 7.19. The largest absolute Gasteiger partial charge is 0.306 e. The number of nitrogens with one attached hydrogen (secondary N) is 1. The van der Waals surface area contributed by atoms with Gasteiger partial charge in [-0.25, -0.2) is 0 Å². The number of hydrogen-bond donors (Lipinski definition) is 1. The lowest BCUT2D eigenvalue weighted by Crippen LogP contribution is -2.22. The third-order valence-electron chi connectivity index (χ3n) is 2.89. The predicted molar refractivity (Wildman–Crippen MR) is 83.4 cm³/mol. The third-order valence-corrected chi connectivity index (χ3v) is 3.70.